The van der Waals surface area contributed by atoms with Crippen LogP contribution in [-0.4, -0.2) is 9.78 Å². The number of allylic oxidation sites excluding steroid dienone is 1. The molecule has 0 atom stereocenters. The Bertz CT molecular complexity index is 1010. The number of aryl methyl sites for hydroxylation is 1. The molecular formula is C20H15N5. The van der Waals surface area contributed by atoms with Crippen LogP contribution in [0.4, 0.5) is 5.82 Å². The Labute approximate surface area is 145 Å². The first-order valence-corrected chi connectivity index (χ1v) is 7.67. The molecule has 0 saturated carbocycles. The predicted molar refractivity (Wildman–Crippen MR) is 97.4 cm³/mol. The first-order valence-electron chi connectivity index (χ1n) is 7.67. The van der Waals surface area contributed by atoms with Crippen LogP contribution in [0.15, 0.2) is 54.6 Å². The third-order valence-corrected chi connectivity index (χ3v) is 3.80. The molecule has 1 aromatic heterocycles. The number of nitrogens with zero attached hydrogens (tertiary/aromatic N) is 4. The minimum absolute atomic E-state index is 0.198. The Morgan fingerprint density at radius 2 is 1.76 bits per heavy atom. The lowest BCUT2D eigenvalue weighted by Crippen LogP contribution is -2.02. The molecule has 2 aromatic carbocycles. The van der Waals surface area contributed by atoms with Crippen molar-refractivity contribution in [2.75, 3.05) is 5.73 Å². The largest absolute Gasteiger partial charge is 0.382 e. The van der Waals surface area contributed by atoms with E-state index in [1.807, 2.05) is 61.5 Å². The van der Waals surface area contributed by atoms with Gasteiger partial charge in [0.05, 0.1) is 11.3 Å². The van der Waals surface area contributed by atoms with Crippen LogP contribution >= 0.6 is 0 Å². The second-order valence-corrected chi connectivity index (χ2v) is 5.55. The summed E-state index contributed by atoms with van der Waals surface area (Å²) in [5.41, 5.74) is 9.59. The van der Waals surface area contributed by atoms with Gasteiger partial charge in [-0.2, -0.15) is 15.6 Å². The van der Waals surface area contributed by atoms with Gasteiger partial charge in [0.1, 0.15) is 29.2 Å². The maximum atomic E-state index is 9.57. The van der Waals surface area contributed by atoms with Crippen molar-refractivity contribution >= 4 is 17.5 Å². The van der Waals surface area contributed by atoms with Gasteiger partial charge in [-0.3, -0.25) is 0 Å². The van der Waals surface area contributed by atoms with E-state index in [1.54, 1.807) is 6.08 Å². The molecule has 3 aromatic rings. The normalized spacial score (nSPS) is 10.9. The molecule has 0 aliphatic heterocycles. The highest BCUT2D eigenvalue weighted by Crippen LogP contribution is 2.26. The summed E-state index contributed by atoms with van der Waals surface area (Å²) in [6, 6.07) is 21.2. The van der Waals surface area contributed by atoms with Crippen LogP contribution in [0, 0.1) is 29.6 Å². The standard InChI is InChI=1S/C20H15N5/c1-14-7-9-15(10-8-14)11-16(12-21)19-18(13-22)20(23)25(24-19)17-5-3-2-4-6-17/h2-11H,23H2,1H3. The fraction of sp³-hybridized carbons (Fsp3) is 0.0500. The zero-order chi connectivity index (χ0) is 17.8. The Kier molecular flexibility index (Phi) is 4.32. The summed E-state index contributed by atoms with van der Waals surface area (Å²) < 4.78 is 1.48. The predicted octanol–water partition coefficient (Wildman–Crippen LogP) is 3.70. The zero-order valence-electron chi connectivity index (χ0n) is 13.6. The van der Waals surface area contributed by atoms with E-state index in [2.05, 4.69) is 17.2 Å². The molecule has 0 spiro atoms. The highest BCUT2D eigenvalue weighted by Gasteiger charge is 2.19. The Hall–Kier alpha value is -3.83. The van der Waals surface area contributed by atoms with Gasteiger partial charge in [-0.25, -0.2) is 4.68 Å². The maximum Gasteiger partial charge on any atom is 0.145 e. The number of rotatable bonds is 3. The monoisotopic (exact) mass is 325 g/mol. The van der Waals surface area contributed by atoms with Gasteiger partial charge < -0.3 is 5.73 Å². The van der Waals surface area contributed by atoms with E-state index in [4.69, 9.17) is 5.73 Å². The van der Waals surface area contributed by atoms with E-state index in [-0.39, 0.29) is 17.1 Å². The molecule has 5 heteroatoms. The van der Waals surface area contributed by atoms with Gasteiger partial charge in [-0.15, -0.1) is 0 Å². The maximum absolute atomic E-state index is 9.57. The van der Waals surface area contributed by atoms with Crippen molar-refractivity contribution in [2.24, 2.45) is 0 Å². The summed E-state index contributed by atoms with van der Waals surface area (Å²) in [7, 11) is 0. The number of hydrogen-bond acceptors (Lipinski definition) is 4. The molecule has 0 unspecified atom stereocenters. The van der Waals surface area contributed by atoms with Crippen LogP contribution in [0.3, 0.4) is 0 Å². The number of nitrogen functional groups attached to an aromatic ring is 1. The molecule has 0 fully saturated rings. The van der Waals surface area contributed by atoms with Crippen LogP contribution in [0.5, 0.6) is 0 Å². The Balaban J connectivity index is 2.14. The summed E-state index contributed by atoms with van der Waals surface area (Å²) >= 11 is 0. The van der Waals surface area contributed by atoms with Gasteiger partial charge in [-0.1, -0.05) is 48.0 Å². The van der Waals surface area contributed by atoms with E-state index >= 15 is 0 Å². The molecule has 0 radical (unpaired) electrons. The molecule has 0 aliphatic rings. The number of anilines is 1. The van der Waals surface area contributed by atoms with Crippen molar-refractivity contribution in [2.45, 2.75) is 6.92 Å². The Morgan fingerprint density at radius 3 is 2.36 bits per heavy atom. The number of nitriles is 2. The third-order valence-electron chi connectivity index (χ3n) is 3.80. The van der Waals surface area contributed by atoms with E-state index in [1.165, 1.54) is 4.68 Å². The fourth-order valence-electron chi connectivity index (χ4n) is 2.48. The molecule has 1 heterocycles. The lowest BCUT2D eigenvalue weighted by Gasteiger charge is -2.02. The van der Waals surface area contributed by atoms with E-state index in [9.17, 15) is 10.5 Å². The molecule has 0 bridgehead atoms. The molecule has 3 rings (SSSR count). The van der Waals surface area contributed by atoms with Crippen molar-refractivity contribution < 1.29 is 0 Å². The van der Waals surface area contributed by atoms with E-state index < -0.39 is 0 Å². The molecule has 120 valence electrons. The lowest BCUT2D eigenvalue weighted by atomic mass is 10.1. The first-order chi connectivity index (χ1) is 12.1. The molecule has 2 N–H and O–H groups in total. The second kappa shape index (κ2) is 6.74. The van der Waals surface area contributed by atoms with Gasteiger partial charge in [0.2, 0.25) is 0 Å². The van der Waals surface area contributed by atoms with Gasteiger partial charge in [0, 0.05) is 0 Å². The summed E-state index contributed by atoms with van der Waals surface area (Å²) in [6.45, 7) is 1.99. The molecule has 0 aliphatic carbocycles. The van der Waals surface area contributed by atoms with Crippen molar-refractivity contribution in [1.82, 2.24) is 9.78 Å². The number of aromatic nitrogens is 2. The van der Waals surface area contributed by atoms with E-state index in [0.717, 1.165) is 16.8 Å². The van der Waals surface area contributed by atoms with Crippen molar-refractivity contribution in [3.63, 3.8) is 0 Å². The van der Waals surface area contributed by atoms with Gasteiger partial charge >= 0.3 is 0 Å². The SMILES string of the molecule is Cc1ccc(C=C(C#N)c2nn(-c3ccccc3)c(N)c2C#N)cc1. The topological polar surface area (TPSA) is 91.4 Å². The fourth-order valence-corrected chi connectivity index (χ4v) is 2.48. The second-order valence-electron chi connectivity index (χ2n) is 5.55. The van der Waals surface area contributed by atoms with Crippen LogP contribution in [0.2, 0.25) is 0 Å². The quantitative estimate of drug-likeness (QED) is 0.743. The van der Waals surface area contributed by atoms with Crippen LogP contribution < -0.4 is 5.73 Å². The average Bonchev–Trinajstić information content (AvgIpc) is 2.98. The highest BCUT2D eigenvalue weighted by atomic mass is 15.3. The number of benzene rings is 2. The lowest BCUT2D eigenvalue weighted by molar-refractivity contribution is 0.885. The summed E-state index contributed by atoms with van der Waals surface area (Å²) in [6.07, 6.45) is 1.71. The van der Waals surface area contributed by atoms with Crippen molar-refractivity contribution in [3.8, 4) is 17.8 Å². The Morgan fingerprint density at radius 1 is 1.08 bits per heavy atom. The molecule has 0 amide bonds. The number of nitrogens with two attached hydrogens (primary N) is 1. The third kappa shape index (κ3) is 3.12. The minimum atomic E-state index is 0.198. The first kappa shape index (κ1) is 16.0. The van der Waals surface area contributed by atoms with Crippen molar-refractivity contribution in [3.05, 3.63) is 77.0 Å². The molecule has 25 heavy (non-hydrogen) atoms. The summed E-state index contributed by atoms with van der Waals surface area (Å²) in [5.74, 6) is 0.216. The zero-order valence-corrected chi connectivity index (χ0v) is 13.6. The molecular weight excluding hydrogens is 310 g/mol. The molecule has 5 nitrogen and oxygen atoms in total. The molecule has 0 saturated heterocycles. The van der Waals surface area contributed by atoms with Gasteiger partial charge in [-0.05, 0) is 30.7 Å². The smallest absolute Gasteiger partial charge is 0.145 e. The average molecular weight is 325 g/mol. The van der Waals surface area contributed by atoms with Crippen LogP contribution in [-0.2, 0) is 0 Å². The highest BCUT2D eigenvalue weighted by molar-refractivity contribution is 5.91. The van der Waals surface area contributed by atoms with Crippen molar-refractivity contribution in [1.29, 1.82) is 10.5 Å². The minimum Gasteiger partial charge on any atom is -0.382 e. The summed E-state index contributed by atoms with van der Waals surface area (Å²) in [4.78, 5) is 0. The van der Waals surface area contributed by atoms with E-state index in [0.29, 0.717) is 5.57 Å². The van der Waals surface area contributed by atoms with Crippen LogP contribution in [0.1, 0.15) is 22.4 Å². The van der Waals surface area contributed by atoms with Gasteiger partial charge in [0.15, 0.2) is 0 Å². The van der Waals surface area contributed by atoms with Crippen LogP contribution in [0.25, 0.3) is 17.3 Å². The van der Waals surface area contributed by atoms with Gasteiger partial charge in [0.25, 0.3) is 0 Å². The number of para-hydroxylation sites is 1. The summed E-state index contributed by atoms with van der Waals surface area (Å²) in [5, 5.41) is 23.5. The number of hydrogen-bond donors (Lipinski definition) is 1.